The van der Waals surface area contributed by atoms with E-state index in [0.717, 1.165) is 31.0 Å². The topological polar surface area (TPSA) is 42.0 Å². The number of carbonyl (C=O) groups excluding carboxylic acids is 1. The zero-order valence-corrected chi connectivity index (χ0v) is 13.0. The highest BCUT2D eigenvalue weighted by Crippen LogP contribution is 2.32. The molecule has 0 radical (unpaired) electrons. The zero-order chi connectivity index (χ0) is 15.0. The van der Waals surface area contributed by atoms with Crippen LogP contribution >= 0.6 is 22.9 Å². The molecule has 1 aliphatic rings. The first-order chi connectivity index (χ1) is 10.0. The lowest BCUT2D eigenvalue weighted by atomic mass is 9.93. The second-order valence-electron chi connectivity index (χ2n) is 5.32. The smallest absolute Gasteiger partial charge is 0.260 e. The first kappa shape index (κ1) is 14.5. The minimum absolute atomic E-state index is 0.0269. The largest absolute Gasteiger partial charge is 0.298 e. The maximum absolute atomic E-state index is 13.7. The molecule has 3 nitrogen and oxygen atoms in total. The quantitative estimate of drug-likeness (QED) is 0.894. The fourth-order valence-corrected chi connectivity index (χ4v) is 3.76. The molecule has 0 saturated heterocycles. The Morgan fingerprint density at radius 1 is 1.52 bits per heavy atom. The van der Waals surface area contributed by atoms with Crippen LogP contribution in [0.25, 0.3) is 0 Å². The van der Waals surface area contributed by atoms with E-state index in [1.165, 1.54) is 28.3 Å². The highest BCUT2D eigenvalue weighted by Gasteiger charge is 2.21. The van der Waals surface area contributed by atoms with Gasteiger partial charge in [0.1, 0.15) is 5.82 Å². The number of fused-ring (bicyclic) bond motifs is 1. The van der Waals surface area contributed by atoms with E-state index in [1.54, 1.807) is 0 Å². The number of amides is 1. The van der Waals surface area contributed by atoms with E-state index < -0.39 is 11.7 Å². The van der Waals surface area contributed by atoms with Gasteiger partial charge in [0.15, 0.2) is 5.13 Å². The molecule has 0 fully saturated rings. The molecule has 0 bridgehead atoms. The third kappa shape index (κ3) is 3.09. The van der Waals surface area contributed by atoms with Crippen molar-refractivity contribution in [2.45, 2.75) is 26.2 Å². The van der Waals surface area contributed by atoms with E-state index >= 15 is 0 Å². The Labute approximate surface area is 131 Å². The first-order valence-corrected chi connectivity index (χ1v) is 7.97. The number of hydrogen-bond donors (Lipinski definition) is 1. The lowest BCUT2D eigenvalue weighted by Crippen LogP contribution is -2.13. The molecule has 1 unspecified atom stereocenters. The molecule has 2 aromatic rings. The van der Waals surface area contributed by atoms with Gasteiger partial charge in [-0.3, -0.25) is 10.1 Å². The molecular weight excluding hydrogens is 311 g/mol. The fraction of sp³-hybridized carbons (Fsp3) is 0.333. The van der Waals surface area contributed by atoms with Crippen molar-refractivity contribution in [1.82, 2.24) is 4.98 Å². The molecule has 1 amide bonds. The Hall–Kier alpha value is -1.46. The number of hydrogen-bond acceptors (Lipinski definition) is 3. The van der Waals surface area contributed by atoms with E-state index in [0.29, 0.717) is 11.0 Å². The Morgan fingerprint density at radius 3 is 3.10 bits per heavy atom. The van der Waals surface area contributed by atoms with Gasteiger partial charge in [-0.25, -0.2) is 9.37 Å². The molecule has 110 valence electrons. The molecule has 1 N–H and O–H groups in total. The van der Waals surface area contributed by atoms with Crippen LogP contribution in [0.15, 0.2) is 18.2 Å². The lowest BCUT2D eigenvalue weighted by Gasteiger charge is -2.15. The van der Waals surface area contributed by atoms with Crippen LogP contribution in [-0.4, -0.2) is 10.9 Å². The number of benzene rings is 1. The van der Waals surface area contributed by atoms with Crippen LogP contribution in [0.2, 0.25) is 5.02 Å². The molecule has 21 heavy (non-hydrogen) atoms. The van der Waals surface area contributed by atoms with Crippen LogP contribution < -0.4 is 5.32 Å². The Balaban J connectivity index is 1.79. The summed E-state index contributed by atoms with van der Waals surface area (Å²) in [6, 6.07) is 4.00. The van der Waals surface area contributed by atoms with E-state index in [4.69, 9.17) is 11.6 Å². The highest BCUT2D eigenvalue weighted by atomic mass is 35.5. The summed E-state index contributed by atoms with van der Waals surface area (Å²) in [5.74, 6) is -0.478. The van der Waals surface area contributed by atoms with Crippen LogP contribution in [0.1, 0.15) is 34.3 Å². The van der Waals surface area contributed by atoms with Crippen LogP contribution in [0, 0.1) is 11.7 Å². The molecule has 1 heterocycles. The highest BCUT2D eigenvalue weighted by molar-refractivity contribution is 7.15. The normalized spacial score (nSPS) is 17.4. The molecule has 0 aliphatic heterocycles. The molecule has 1 aromatic heterocycles. The summed E-state index contributed by atoms with van der Waals surface area (Å²) in [5, 5.41) is 3.48. The summed E-state index contributed by atoms with van der Waals surface area (Å²) in [6.07, 6.45) is 3.06. The molecule has 0 spiro atoms. The molecule has 1 aromatic carbocycles. The summed E-state index contributed by atoms with van der Waals surface area (Å²) < 4.78 is 13.7. The number of aromatic nitrogens is 1. The second-order valence-corrected chi connectivity index (χ2v) is 6.84. The number of rotatable bonds is 2. The first-order valence-electron chi connectivity index (χ1n) is 6.78. The minimum Gasteiger partial charge on any atom is -0.298 e. The van der Waals surface area contributed by atoms with Crippen molar-refractivity contribution in [1.29, 1.82) is 0 Å². The number of carbonyl (C=O) groups is 1. The van der Waals surface area contributed by atoms with Gasteiger partial charge < -0.3 is 0 Å². The maximum Gasteiger partial charge on any atom is 0.260 e. The number of nitrogens with one attached hydrogen (secondary N) is 1. The number of anilines is 1. The van der Waals surface area contributed by atoms with E-state index in [-0.39, 0.29) is 10.6 Å². The van der Waals surface area contributed by atoms with Crippen LogP contribution in [-0.2, 0) is 12.8 Å². The standard InChI is InChI=1S/C15H14ClFN2OS/c1-8-2-5-12-13(6-8)21-15(18-12)19-14(20)10-4-3-9(16)7-11(10)17/h3-4,7-8H,2,5-6H2,1H3,(H,18,19,20). The van der Waals surface area contributed by atoms with E-state index in [9.17, 15) is 9.18 Å². The van der Waals surface area contributed by atoms with Gasteiger partial charge in [0.05, 0.1) is 11.3 Å². The predicted molar refractivity (Wildman–Crippen MR) is 82.7 cm³/mol. The third-order valence-corrected chi connectivity index (χ3v) is 4.85. The van der Waals surface area contributed by atoms with Gasteiger partial charge in [-0.05, 0) is 43.4 Å². The van der Waals surface area contributed by atoms with Crippen LogP contribution in [0.4, 0.5) is 9.52 Å². The van der Waals surface area contributed by atoms with Crippen molar-refractivity contribution in [2.75, 3.05) is 5.32 Å². The van der Waals surface area contributed by atoms with Crippen molar-refractivity contribution in [3.8, 4) is 0 Å². The van der Waals surface area contributed by atoms with Gasteiger partial charge in [0.2, 0.25) is 0 Å². The van der Waals surface area contributed by atoms with Crippen molar-refractivity contribution >= 4 is 34.0 Å². The number of aryl methyl sites for hydroxylation is 1. The minimum atomic E-state index is -0.630. The summed E-state index contributed by atoms with van der Waals surface area (Å²) in [7, 11) is 0. The summed E-state index contributed by atoms with van der Waals surface area (Å²) >= 11 is 7.16. The maximum atomic E-state index is 13.7. The van der Waals surface area contributed by atoms with Gasteiger partial charge in [-0.2, -0.15) is 0 Å². The van der Waals surface area contributed by atoms with Gasteiger partial charge in [0, 0.05) is 9.90 Å². The van der Waals surface area contributed by atoms with E-state index in [1.807, 2.05) is 0 Å². The number of nitrogens with zero attached hydrogens (tertiary/aromatic N) is 1. The van der Waals surface area contributed by atoms with Crippen molar-refractivity contribution < 1.29 is 9.18 Å². The molecule has 3 rings (SSSR count). The lowest BCUT2D eigenvalue weighted by molar-refractivity contribution is 0.102. The van der Waals surface area contributed by atoms with Gasteiger partial charge in [0.25, 0.3) is 5.91 Å². The van der Waals surface area contributed by atoms with Gasteiger partial charge in [-0.15, -0.1) is 11.3 Å². The molecule has 0 saturated carbocycles. The molecule has 1 atom stereocenters. The van der Waals surface area contributed by atoms with Gasteiger partial charge >= 0.3 is 0 Å². The summed E-state index contributed by atoms with van der Waals surface area (Å²) in [6.45, 7) is 2.21. The second kappa shape index (κ2) is 5.73. The molecular formula is C15H14ClFN2OS. The monoisotopic (exact) mass is 324 g/mol. The van der Waals surface area contributed by atoms with Crippen LogP contribution in [0.3, 0.4) is 0 Å². The number of halogens is 2. The van der Waals surface area contributed by atoms with Gasteiger partial charge in [-0.1, -0.05) is 18.5 Å². The Morgan fingerprint density at radius 2 is 2.33 bits per heavy atom. The Kier molecular flexibility index (Phi) is 3.95. The Bertz CT molecular complexity index is 701. The van der Waals surface area contributed by atoms with Crippen molar-refractivity contribution in [2.24, 2.45) is 5.92 Å². The van der Waals surface area contributed by atoms with E-state index in [2.05, 4.69) is 17.2 Å². The zero-order valence-electron chi connectivity index (χ0n) is 11.5. The third-order valence-electron chi connectivity index (χ3n) is 3.58. The summed E-state index contributed by atoms with van der Waals surface area (Å²) in [4.78, 5) is 17.8. The van der Waals surface area contributed by atoms with Crippen molar-refractivity contribution in [3.63, 3.8) is 0 Å². The SMILES string of the molecule is CC1CCc2nc(NC(=O)c3ccc(Cl)cc3F)sc2C1. The molecule has 6 heteroatoms. The average molecular weight is 325 g/mol. The predicted octanol–water partition coefficient (Wildman–Crippen LogP) is 4.31. The fourth-order valence-electron chi connectivity index (χ4n) is 2.43. The average Bonchev–Trinajstić information content (AvgIpc) is 2.79. The summed E-state index contributed by atoms with van der Waals surface area (Å²) in [5.41, 5.74) is 1.03. The van der Waals surface area contributed by atoms with Crippen LogP contribution in [0.5, 0.6) is 0 Å². The number of thiazole rings is 1. The molecule has 1 aliphatic carbocycles. The van der Waals surface area contributed by atoms with Crippen molar-refractivity contribution in [3.05, 3.63) is 45.2 Å².